The maximum absolute atomic E-state index is 12.9. The first kappa shape index (κ1) is 23.8. The van der Waals surface area contributed by atoms with Gasteiger partial charge in [0.25, 0.3) is 11.5 Å². The second-order valence-corrected chi connectivity index (χ2v) is 8.96. The van der Waals surface area contributed by atoms with Crippen molar-refractivity contribution in [1.82, 2.24) is 20.2 Å². The number of H-pyrrole nitrogens is 1. The average Bonchev–Trinajstić information content (AvgIpc) is 2.79. The first-order valence-electron chi connectivity index (χ1n) is 10.3. The van der Waals surface area contributed by atoms with Crippen LogP contribution in [0.25, 0.3) is 0 Å². The van der Waals surface area contributed by atoms with Gasteiger partial charge in [0.1, 0.15) is 22.8 Å². The fraction of sp³-hybridized carbons (Fsp3) is 0.238. The van der Waals surface area contributed by atoms with Crippen molar-refractivity contribution in [2.24, 2.45) is 5.73 Å². The normalized spacial score (nSPS) is 19.0. The molecule has 35 heavy (non-hydrogen) atoms. The lowest BCUT2D eigenvalue weighted by Crippen LogP contribution is -2.70. The number of β-lactam (4-membered cyclic amide) rings is 1. The molecule has 3 heterocycles. The molecule has 1 saturated heterocycles. The molecule has 2 aromatic rings. The molecule has 13 nitrogen and oxygen atoms in total. The van der Waals surface area contributed by atoms with E-state index >= 15 is 0 Å². The van der Waals surface area contributed by atoms with E-state index in [-0.39, 0.29) is 29.4 Å². The number of hydrogen-bond donors (Lipinski definition) is 5. The quantitative estimate of drug-likeness (QED) is 0.335. The van der Waals surface area contributed by atoms with E-state index in [1.54, 1.807) is 25.1 Å². The van der Waals surface area contributed by atoms with Gasteiger partial charge >= 0.3 is 12.0 Å². The van der Waals surface area contributed by atoms with Crippen molar-refractivity contribution in [2.75, 3.05) is 16.4 Å². The van der Waals surface area contributed by atoms with Crippen molar-refractivity contribution in [3.63, 3.8) is 0 Å². The molecule has 182 valence electrons. The molecule has 0 bridgehead atoms. The summed E-state index contributed by atoms with van der Waals surface area (Å²) in [6.07, 6.45) is 0.843. The molecule has 1 unspecified atom stereocenters. The smallest absolute Gasteiger partial charge is 0.352 e. The van der Waals surface area contributed by atoms with Crippen LogP contribution in [-0.2, 0) is 20.8 Å². The Labute approximate surface area is 202 Å². The highest BCUT2D eigenvalue weighted by Gasteiger charge is 2.53. The lowest BCUT2D eigenvalue weighted by molar-refractivity contribution is -0.150. The van der Waals surface area contributed by atoms with Gasteiger partial charge in [0.15, 0.2) is 5.95 Å². The zero-order chi connectivity index (χ0) is 25.4. The summed E-state index contributed by atoms with van der Waals surface area (Å²) < 4.78 is 0. The number of fused-ring (bicyclic) bond motifs is 1. The predicted molar refractivity (Wildman–Crippen MR) is 126 cm³/mol. The van der Waals surface area contributed by atoms with Gasteiger partial charge in [-0.05, 0) is 24.1 Å². The zero-order valence-electron chi connectivity index (χ0n) is 18.3. The molecule has 2 aliphatic rings. The van der Waals surface area contributed by atoms with Gasteiger partial charge in [0, 0.05) is 5.75 Å². The Kier molecular flexibility index (Phi) is 6.22. The molecule has 14 heteroatoms. The molecule has 0 spiro atoms. The Hall–Kier alpha value is -4.33. The van der Waals surface area contributed by atoms with Gasteiger partial charge in [-0.15, -0.1) is 11.8 Å². The Bertz CT molecular complexity index is 1340. The molecular formula is C21H21N7O6S. The van der Waals surface area contributed by atoms with Crippen molar-refractivity contribution in [3.05, 3.63) is 57.6 Å². The fourth-order valence-electron chi connectivity index (χ4n) is 3.98. The highest BCUT2D eigenvalue weighted by Crippen LogP contribution is 2.40. The Morgan fingerprint density at radius 1 is 1.29 bits per heavy atom. The minimum absolute atomic E-state index is 0.0611. The van der Waals surface area contributed by atoms with Crippen molar-refractivity contribution in [3.8, 4) is 0 Å². The summed E-state index contributed by atoms with van der Waals surface area (Å²) in [5, 5.41) is 11.6. The van der Waals surface area contributed by atoms with Gasteiger partial charge in [-0.3, -0.25) is 29.2 Å². The number of thioether (sulfide) groups is 1. The second-order valence-electron chi connectivity index (χ2n) is 7.85. The third-order valence-electron chi connectivity index (χ3n) is 5.52. The minimum Gasteiger partial charge on any atom is -0.477 e. The standard InChI is InChI=1S/C21H21N7O6S/c1-9-8-35-18-14(17(31)28(18)15(9)19(32)33)25-13(29)6-10-4-2-3-5-11(10)27(21(23)34)12-7-24-20(22)26-16(12)30/h2-5,7,14,18H,6,8H2,1H3,(H2,23,34)(H,25,29)(H,32,33)(H3,22,24,26,30)/t14?,18-/m1/s1. The number of carbonyl (C=O) groups excluding carboxylic acids is 3. The monoisotopic (exact) mass is 499 g/mol. The number of para-hydroxylation sites is 1. The van der Waals surface area contributed by atoms with E-state index in [2.05, 4.69) is 15.3 Å². The van der Waals surface area contributed by atoms with E-state index in [1.165, 1.54) is 22.7 Å². The van der Waals surface area contributed by atoms with Crippen LogP contribution in [0.15, 0.2) is 46.5 Å². The summed E-state index contributed by atoms with van der Waals surface area (Å²) >= 11 is 1.36. The summed E-state index contributed by atoms with van der Waals surface area (Å²) in [4.78, 5) is 69.8. The fourth-order valence-corrected chi connectivity index (χ4v) is 5.27. The van der Waals surface area contributed by atoms with Crippen LogP contribution in [0.3, 0.4) is 0 Å². The van der Waals surface area contributed by atoms with E-state index in [0.29, 0.717) is 16.9 Å². The number of urea groups is 1. The lowest BCUT2D eigenvalue weighted by Gasteiger charge is -2.49. The predicted octanol–water partition coefficient (Wildman–Crippen LogP) is -0.130. The van der Waals surface area contributed by atoms with Crippen LogP contribution in [0, 0.1) is 0 Å². The van der Waals surface area contributed by atoms with Gasteiger partial charge in [-0.2, -0.15) is 0 Å². The number of nitrogens with two attached hydrogens (primary N) is 2. The lowest BCUT2D eigenvalue weighted by atomic mass is 10.0. The number of rotatable bonds is 6. The van der Waals surface area contributed by atoms with Crippen molar-refractivity contribution >= 4 is 52.9 Å². The number of carbonyl (C=O) groups is 4. The van der Waals surface area contributed by atoms with E-state index in [0.717, 1.165) is 11.1 Å². The maximum atomic E-state index is 12.9. The van der Waals surface area contributed by atoms with Gasteiger partial charge in [-0.25, -0.2) is 14.6 Å². The summed E-state index contributed by atoms with van der Waals surface area (Å²) in [5.41, 5.74) is 11.1. The topological polar surface area (TPSA) is 205 Å². The number of amides is 4. The highest BCUT2D eigenvalue weighted by atomic mass is 32.2. The molecule has 2 aliphatic heterocycles. The van der Waals surface area contributed by atoms with Crippen LogP contribution in [0.5, 0.6) is 0 Å². The van der Waals surface area contributed by atoms with Crippen LogP contribution in [-0.4, -0.2) is 61.0 Å². The zero-order valence-corrected chi connectivity index (χ0v) is 19.2. The number of nitrogens with zero attached hydrogens (tertiary/aromatic N) is 3. The molecule has 2 atom stereocenters. The van der Waals surface area contributed by atoms with E-state index in [4.69, 9.17) is 11.5 Å². The number of nitrogens with one attached hydrogen (secondary N) is 2. The summed E-state index contributed by atoms with van der Waals surface area (Å²) in [6.45, 7) is 1.65. The molecule has 0 saturated carbocycles. The first-order chi connectivity index (χ1) is 16.6. The molecule has 1 aromatic carbocycles. The number of carboxylic acids is 1. The first-order valence-corrected chi connectivity index (χ1v) is 11.3. The number of hydrogen-bond acceptors (Lipinski definition) is 8. The third-order valence-corrected chi connectivity index (χ3v) is 6.95. The maximum Gasteiger partial charge on any atom is 0.352 e. The second kappa shape index (κ2) is 9.13. The van der Waals surface area contributed by atoms with Crippen molar-refractivity contribution in [1.29, 1.82) is 0 Å². The Morgan fingerprint density at radius 2 is 2.00 bits per heavy atom. The molecule has 1 aromatic heterocycles. The van der Waals surface area contributed by atoms with E-state index in [1.807, 2.05) is 0 Å². The van der Waals surface area contributed by atoms with Gasteiger partial charge in [0.2, 0.25) is 5.91 Å². The van der Waals surface area contributed by atoms with E-state index < -0.39 is 40.8 Å². The Morgan fingerprint density at radius 3 is 2.66 bits per heavy atom. The van der Waals surface area contributed by atoms with Gasteiger partial charge in [-0.1, -0.05) is 18.2 Å². The van der Waals surface area contributed by atoms with E-state index in [9.17, 15) is 29.1 Å². The minimum atomic E-state index is -1.20. The van der Waals surface area contributed by atoms with Crippen LogP contribution in [0.2, 0.25) is 0 Å². The SMILES string of the molecule is CC1=C(C(=O)O)N2C(=O)C(NC(=O)Cc3ccccc3N(C(N)=O)c3cnc(N)[nH]c3=O)[C@H]2SC1. The largest absolute Gasteiger partial charge is 0.477 e. The molecular weight excluding hydrogens is 478 g/mol. The van der Waals surface area contributed by atoms with Crippen molar-refractivity contribution < 1.29 is 24.3 Å². The number of primary amides is 1. The molecule has 0 radical (unpaired) electrons. The average molecular weight is 500 g/mol. The number of aromatic nitrogens is 2. The molecule has 1 fully saturated rings. The number of aromatic amines is 1. The Balaban J connectivity index is 1.55. The summed E-state index contributed by atoms with van der Waals surface area (Å²) in [6, 6.07) is 4.43. The van der Waals surface area contributed by atoms with Gasteiger partial charge < -0.3 is 21.9 Å². The summed E-state index contributed by atoms with van der Waals surface area (Å²) in [7, 11) is 0. The number of benzene rings is 1. The van der Waals surface area contributed by atoms with Crippen LogP contribution in [0.4, 0.5) is 22.1 Å². The number of aliphatic carboxylic acids is 1. The number of nitrogen functional groups attached to an aromatic ring is 1. The number of anilines is 3. The van der Waals surface area contributed by atoms with Crippen LogP contribution in [0.1, 0.15) is 12.5 Å². The molecule has 4 rings (SSSR count). The van der Waals surface area contributed by atoms with Crippen molar-refractivity contribution in [2.45, 2.75) is 24.8 Å². The van der Waals surface area contributed by atoms with Crippen LogP contribution < -0.4 is 27.2 Å². The molecule has 4 amide bonds. The summed E-state index contributed by atoms with van der Waals surface area (Å²) in [5.74, 6) is -1.97. The molecule has 0 aliphatic carbocycles. The van der Waals surface area contributed by atoms with Crippen LogP contribution >= 0.6 is 11.8 Å². The third kappa shape index (κ3) is 4.30. The highest BCUT2D eigenvalue weighted by molar-refractivity contribution is 8.00. The molecule has 7 N–H and O–H groups in total. The number of carboxylic acid groups (broad SMARTS) is 1. The van der Waals surface area contributed by atoms with Gasteiger partial charge in [0.05, 0.1) is 18.3 Å².